The Morgan fingerprint density at radius 1 is 1.10 bits per heavy atom. The molecule has 0 saturated heterocycles. The Bertz CT molecular complexity index is 967. The summed E-state index contributed by atoms with van der Waals surface area (Å²) < 4.78 is 48.9. The van der Waals surface area contributed by atoms with Crippen molar-refractivity contribution in [3.63, 3.8) is 0 Å². The van der Waals surface area contributed by atoms with Crippen molar-refractivity contribution in [3.05, 3.63) is 71.4 Å². The number of carbonyl (C=O) groups excluding carboxylic acids is 2. The predicted molar refractivity (Wildman–Crippen MR) is 104 cm³/mol. The number of hydrogen-bond donors (Lipinski definition) is 1. The van der Waals surface area contributed by atoms with Gasteiger partial charge in [-0.15, -0.1) is 0 Å². The smallest absolute Gasteiger partial charge is 0.416 e. The van der Waals surface area contributed by atoms with Crippen LogP contribution in [0.5, 0.6) is 5.75 Å². The Morgan fingerprint density at radius 2 is 1.80 bits per heavy atom. The van der Waals surface area contributed by atoms with Crippen molar-refractivity contribution in [2.45, 2.75) is 18.5 Å². The first kappa shape index (κ1) is 21.4. The first-order chi connectivity index (χ1) is 14.2. The molecule has 1 N–H and O–H groups in total. The van der Waals surface area contributed by atoms with Crippen molar-refractivity contribution in [3.8, 4) is 5.75 Å². The highest BCUT2D eigenvalue weighted by Crippen LogP contribution is 2.38. The van der Waals surface area contributed by atoms with Gasteiger partial charge in [-0.2, -0.15) is 13.2 Å². The van der Waals surface area contributed by atoms with Gasteiger partial charge in [0.15, 0.2) is 5.78 Å². The van der Waals surface area contributed by atoms with Crippen molar-refractivity contribution in [1.29, 1.82) is 0 Å². The van der Waals surface area contributed by atoms with Gasteiger partial charge in [0, 0.05) is 23.4 Å². The zero-order valence-electron chi connectivity index (χ0n) is 16.3. The predicted octanol–water partition coefficient (Wildman–Crippen LogP) is 4.56. The summed E-state index contributed by atoms with van der Waals surface area (Å²) in [6.07, 6.45) is -2.98. The zero-order valence-corrected chi connectivity index (χ0v) is 16.3. The van der Waals surface area contributed by atoms with Gasteiger partial charge < -0.3 is 14.8 Å². The monoisotopic (exact) mass is 419 g/mol. The van der Waals surface area contributed by atoms with E-state index < -0.39 is 35.3 Å². The van der Waals surface area contributed by atoms with Crippen LogP contribution in [0.4, 0.5) is 18.9 Å². The quantitative estimate of drug-likeness (QED) is 0.569. The molecule has 8 heteroatoms. The SMILES string of the molecule is COC(=O)[C@@H]1C(=O)C=C(Nc2cccc(C(F)(F)F)c2)C[C@@H]1c1ccc(OC)cc1. The fourth-order valence-corrected chi connectivity index (χ4v) is 3.49. The molecule has 2 atom stereocenters. The lowest BCUT2D eigenvalue weighted by atomic mass is 9.76. The minimum absolute atomic E-state index is 0.203. The Hall–Kier alpha value is -3.29. The van der Waals surface area contributed by atoms with Crippen molar-refractivity contribution in [1.82, 2.24) is 0 Å². The van der Waals surface area contributed by atoms with Crippen LogP contribution >= 0.6 is 0 Å². The van der Waals surface area contributed by atoms with E-state index in [0.29, 0.717) is 11.4 Å². The number of rotatable bonds is 5. The lowest BCUT2D eigenvalue weighted by Gasteiger charge is -2.29. The maximum atomic E-state index is 13.0. The highest BCUT2D eigenvalue weighted by Gasteiger charge is 2.39. The molecule has 30 heavy (non-hydrogen) atoms. The van der Waals surface area contributed by atoms with Gasteiger partial charge in [0.05, 0.1) is 19.8 Å². The van der Waals surface area contributed by atoms with Crippen LogP contribution in [0.3, 0.4) is 0 Å². The number of allylic oxidation sites excluding steroid dienone is 2. The topological polar surface area (TPSA) is 64.6 Å². The van der Waals surface area contributed by atoms with Crippen LogP contribution in [0.15, 0.2) is 60.3 Å². The van der Waals surface area contributed by atoms with E-state index in [0.717, 1.165) is 17.7 Å². The standard InChI is InChI=1S/C22H20F3NO4/c1-29-17-8-6-13(7-9-17)18-11-16(12-19(27)20(18)21(28)30-2)26-15-5-3-4-14(10-15)22(23,24)25/h3-10,12,18,20,26H,11H2,1-2H3/t18-,20+/m1/s1. The van der Waals surface area contributed by atoms with Gasteiger partial charge >= 0.3 is 12.1 Å². The van der Waals surface area contributed by atoms with Gasteiger partial charge in [-0.05, 0) is 42.3 Å². The van der Waals surface area contributed by atoms with Crippen LogP contribution < -0.4 is 10.1 Å². The number of nitrogens with one attached hydrogen (secondary N) is 1. The molecule has 0 saturated carbocycles. The van der Waals surface area contributed by atoms with Crippen LogP contribution in [-0.4, -0.2) is 26.0 Å². The number of alkyl halides is 3. The van der Waals surface area contributed by atoms with Crippen LogP contribution in [0.25, 0.3) is 0 Å². The van der Waals surface area contributed by atoms with Crippen LogP contribution in [0.1, 0.15) is 23.5 Å². The average Bonchev–Trinajstić information content (AvgIpc) is 2.72. The summed E-state index contributed by atoms with van der Waals surface area (Å²) in [5.74, 6) is -2.07. The molecule has 5 nitrogen and oxygen atoms in total. The van der Waals surface area contributed by atoms with Crippen molar-refractivity contribution < 1.29 is 32.2 Å². The molecule has 1 aliphatic rings. The second-order valence-electron chi connectivity index (χ2n) is 6.86. The number of esters is 1. The molecule has 0 amide bonds. The molecule has 158 valence electrons. The molecule has 0 aliphatic heterocycles. The fraction of sp³-hybridized carbons (Fsp3) is 0.273. The molecule has 0 aromatic heterocycles. The van der Waals surface area contributed by atoms with E-state index in [9.17, 15) is 22.8 Å². The largest absolute Gasteiger partial charge is 0.497 e. The zero-order chi connectivity index (χ0) is 21.9. The maximum Gasteiger partial charge on any atom is 0.416 e. The van der Waals surface area contributed by atoms with E-state index in [1.807, 2.05) is 0 Å². The van der Waals surface area contributed by atoms with E-state index in [1.165, 1.54) is 32.4 Å². The molecule has 0 heterocycles. The van der Waals surface area contributed by atoms with Crippen molar-refractivity contribution in [2.24, 2.45) is 5.92 Å². The molecule has 0 unspecified atom stereocenters. The fourth-order valence-electron chi connectivity index (χ4n) is 3.49. The van der Waals surface area contributed by atoms with Gasteiger partial charge in [0.1, 0.15) is 11.7 Å². The van der Waals surface area contributed by atoms with Crippen LogP contribution in [0, 0.1) is 5.92 Å². The summed E-state index contributed by atoms with van der Waals surface area (Å²) in [6.45, 7) is 0. The van der Waals surface area contributed by atoms with Crippen molar-refractivity contribution >= 4 is 17.4 Å². The second-order valence-corrected chi connectivity index (χ2v) is 6.86. The molecular weight excluding hydrogens is 399 g/mol. The summed E-state index contributed by atoms with van der Waals surface area (Å²) in [5.41, 5.74) is 0.541. The molecule has 0 radical (unpaired) electrons. The first-order valence-electron chi connectivity index (χ1n) is 9.13. The highest BCUT2D eigenvalue weighted by atomic mass is 19.4. The van der Waals surface area contributed by atoms with Gasteiger partial charge in [-0.1, -0.05) is 18.2 Å². The lowest BCUT2D eigenvalue weighted by molar-refractivity contribution is -0.149. The number of benzene rings is 2. The normalized spacial score (nSPS) is 19.1. The highest BCUT2D eigenvalue weighted by molar-refractivity contribution is 6.07. The number of hydrogen-bond acceptors (Lipinski definition) is 5. The number of ether oxygens (including phenoxy) is 2. The van der Waals surface area contributed by atoms with E-state index >= 15 is 0 Å². The molecule has 0 bridgehead atoms. The summed E-state index contributed by atoms with van der Waals surface area (Å²) in [7, 11) is 2.73. The van der Waals surface area contributed by atoms with Gasteiger partial charge in [-0.3, -0.25) is 9.59 Å². The summed E-state index contributed by atoms with van der Waals surface area (Å²) >= 11 is 0. The number of carbonyl (C=O) groups is 2. The van der Waals surface area contributed by atoms with Crippen LogP contribution in [-0.2, 0) is 20.5 Å². The Kier molecular flexibility index (Phi) is 6.14. The maximum absolute atomic E-state index is 13.0. The third-order valence-corrected chi connectivity index (χ3v) is 4.96. The van der Waals surface area contributed by atoms with Crippen molar-refractivity contribution in [2.75, 3.05) is 19.5 Å². The molecule has 3 rings (SSSR count). The number of anilines is 1. The summed E-state index contributed by atoms with van der Waals surface area (Å²) in [4.78, 5) is 25.0. The molecule has 2 aromatic carbocycles. The van der Waals surface area contributed by atoms with E-state index in [1.54, 1.807) is 24.3 Å². The summed E-state index contributed by atoms with van der Waals surface area (Å²) in [5, 5.41) is 2.89. The molecule has 2 aromatic rings. The molecule has 0 fully saturated rings. The third kappa shape index (κ3) is 4.64. The Labute approximate surface area is 171 Å². The van der Waals surface area contributed by atoms with E-state index in [2.05, 4.69) is 5.32 Å². The number of halogens is 3. The average molecular weight is 419 g/mol. The summed E-state index contributed by atoms with van der Waals surface area (Å²) in [6, 6.07) is 11.6. The number of ketones is 1. The van der Waals surface area contributed by atoms with Gasteiger partial charge in [-0.25, -0.2) is 0 Å². The minimum Gasteiger partial charge on any atom is -0.497 e. The van der Waals surface area contributed by atoms with E-state index in [-0.39, 0.29) is 12.1 Å². The van der Waals surface area contributed by atoms with E-state index in [4.69, 9.17) is 9.47 Å². The molecule has 1 aliphatic carbocycles. The van der Waals surface area contributed by atoms with Crippen LogP contribution in [0.2, 0.25) is 0 Å². The van der Waals surface area contributed by atoms with Gasteiger partial charge in [0.2, 0.25) is 0 Å². The number of methoxy groups -OCH3 is 2. The Balaban J connectivity index is 1.91. The first-order valence-corrected chi connectivity index (χ1v) is 9.13. The lowest BCUT2D eigenvalue weighted by Crippen LogP contribution is -2.34. The molecular formula is C22H20F3NO4. The Morgan fingerprint density at radius 3 is 2.40 bits per heavy atom. The third-order valence-electron chi connectivity index (χ3n) is 4.96. The second kappa shape index (κ2) is 8.61. The van der Waals surface area contributed by atoms with Gasteiger partial charge in [0.25, 0.3) is 0 Å². The molecule has 0 spiro atoms. The minimum atomic E-state index is -4.48.